The third kappa shape index (κ3) is 14.4. The fourth-order valence-corrected chi connectivity index (χ4v) is 5.29. The monoisotopic (exact) mass is 846 g/mol. The summed E-state index contributed by atoms with van der Waals surface area (Å²) in [6.07, 6.45) is -13.5. The summed E-state index contributed by atoms with van der Waals surface area (Å²) < 4.78 is 64.9. The molecule has 2 fully saturated rings. The van der Waals surface area contributed by atoms with Gasteiger partial charge in [0.1, 0.15) is 32.0 Å². The van der Waals surface area contributed by atoms with E-state index in [-0.39, 0.29) is 0 Å². The summed E-state index contributed by atoms with van der Waals surface area (Å²) in [7, 11) is 0. The highest BCUT2D eigenvalue weighted by atomic mass is 16.8. The van der Waals surface area contributed by atoms with Crippen LogP contribution in [-0.4, -0.2) is 122 Å². The molecular weight excluding hydrogens is 784 g/mol. The summed E-state index contributed by atoms with van der Waals surface area (Å²) in [4.78, 5) is 104. The van der Waals surface area contributed by atoms with E-state index < -0.39 is 158 Å². The molecule has 2 rings (SSSR count). The maximum absolute atomic E-state index is 13.5. The van der Waals surface area contributed by atoms with Crippen molar-refractivity contribution in [3.05, 3.63) is 0 Å². The second-order valence-corrected chi connectivity index (χ2v) is 16.2. The van der Waals surface area contributed by atoms with Gasteiger partial charge in [-0.25, -0.2) is 0 Å². The molecule has 0 N–H and O–H groups in total. The van der Waals surface area contributed by atoms with E-state index >= 15 is 0 Å². The van der Waals surface area contributed by atoms with Crippen LogP contribution in [0.4, 0.5) is 0 Å². The van der Waals surface area contributed by atoms with Crippen molar-refractivity contribution < 1.29 is 90.5 Å². The lowest BCUT2D eigenvalue weighted by Gasteiger charge is -2.47. The average molecular weight is 847 g/mol. The molecule has 9 atom stereocenters. The lowest BCUT2D eigenvalue weighted by atomic mass is 9.97. The fourth-order valence-electron chi connectivity index (χ4n) is 5.29. The lowest BCUT2D eigenvalue weighted by Crippen LogP contribution is -2.66. The number of carbonyl (C=O) groups is 8. The predicted molar refractivity (Wildman–Crippen MR) is 200 cm³/mol. The van der Waals surface area contributed by atoms with Gasteiger partial charge in [-0.1, -0.05) is 83.1 Å². The summed E-state index contributed by atoms with van der Waals surface area (Å²) in [5.74, 6) is -13.5. The largest absolute Gasteiger partial charge is 0.463 e. The van der Waals surface area contributed by atoms with Crippen molar-refractivity contribution in [1.29, 1.82) is 0 Å². The topological polar surface area (TPSA) is 238 Å². The zero-order valence-electron chi connectivity index (χ0n) is 36.5. The first-order chi connectivity index (χ1) is 27.3. The Morgan fingerprint density at radius 3 is 1.25 bits per heavy atom. The van der Waals surface area contributed by atoms with Crippen molar-refractivity contribution in [1.82, 2.24) is 0 Å². The Morgan fingerprint density at radius 1 is 0.458 bits per heavy atom. The first-order valence-electron chi connectivity index (χ1n) is 19.8. The van der Waals surface area contributed by atoms with Gasteiger partial charge in [0.2, 0.25) is 12.1 Å². The van der Waals surface area contributed by atoms with Crippen LogP contribution in [0.5, 0.6) is 0 Å². The maximum atomic E-state index is 13.5. The normalized spacial score (nSPS) is 26.8. The Morgan fingerprint density at radius 2 is 0.831 bits per heavy atom. The fraction of sp³-hybridized carbons (Fsp3) is 0.800. The Labute approximate surface area is 345 Å². The molecular formula is C40H62O19. The Hall–Kier alpha value is -4.36. The van der Waals surface area contributed by atoms with E-state index in [4.69, 9.17) is 52.1 Å². The molecule has 2 heterocycles. The van der Waals surface area contributed by atoms with Crippen LogP contribution in [0.2, 0.25) is 0 Å². The molecule has 0 spiro atoms. The van der Waals surface area contributed by atoms with Gasteiger partial charge in [0.25, 0.3) is 0 Å². The highest BCUT2D eigenvalue weighted by molar-refractivity contribution is 5.75. The van der Waals surface area contributed by atoms with E-state index in [1.54, 1.807) is 0 Å². The zero-order valence-corrected chi connectivity index (χ0v) is 36.5. The van der Waals surface area contributed by atoms with Crippen molar-refractivity contribution in [2.75, 3.05) is 19.8 Å². The van der Waals surface area contributed by atoms with E-state index in [9.17, 15) is 38.4 Å². The molecule has 0 aromatic heterocycles. The summed E-state index contributed by atoms with van der Waals surface area (Å²) in [5, 5.41) is 0. The molecule has 0 amide bonds. The number of hydrogen-bond donors (Lipinski definition) is 0. The van der Waals surface area contributed by atoms with Gasteiger partial charge >= 0.3 is 47.8 Å². The van der Waals surface area contributed by atoms with Crippen LogP contribution in [0.25, 0.3) is 0 Å². The van der Waals surface area contributed by atoms with Gasteiger partial charge in [0, 0.05) is 13.8 Å². The van der Waals surface area contributed by atoms with Crippen molar-refractivity contribution >= 4 is 47.8 Å². The molecule has 336 valence electrons. The van der Waals surface area contributed by atoms with Crippen LogP contribution in [0, 0.1) is 35.5 Å². The van der Waals surface area contributed by atoms with E-state index in [0.29, 0.717) is 0 Å². The van der Waals surface area contributed by atoms with Crippen LogP contribution in [0.3, 0.4) is 0 Å². The van der Waals surface area contributed by atoms with Gasteiger partial charge in [-0.05, 0) is 0 Å². The average Bonchev–Trinajstić information content (AvgIpc) is 3.40. The van der Waals surface area contributed by atoms with E-state index in [1.807, 2.05) is 0 Å². The third-order valence-electron chi connectivity index (χ3n) is 8.75. The van der Waals surface area contributed by atoms with Crippen molar-refractivity contribution in [3.8, 4) is 0 Å². The predicted octanol–water partition coefficient (Wildman–Crippen LogP) is 2.99. The number of ether oxygens (including phenoxy) is 11. The number of esters is 8. The summed E-state index contributed by atoms with van der Waals surface area (Å²) in [6, 6.07) is 0. The van der Waals surface area contributed by atoms with Crippen LogP contribution < -0.4 is 0 Å². The zero-order chi connectivity index (χ0) is 45.1. The molecule has 0 aliphatic carbocycles. The molecule has 0 unspecified atom stereocenters. The molecule has 2 aliphatic heterocycles. The van der Waals surface area contributed by atoms with Gasteiger partial charge in [0.15, 0.2) is 30.5 Å². The van der Waals surface area contributed by atoms with Gasteiger partial charge < -0.3 is 52.1 Å². The molecule has 19 nitrogen and oxygen atoms in total. The maximum Gasteiger partial charge on any atom is 0.308 e. The second-order valence-electron chi connectivity index (χ2n) is 16.2. The molecule has 0 bridgehead atoms. The van der Waals surface area contributed by atoms with Crippen molar-refractivity contribution in [3.63, 3.8) is 0 Å². The first kappa shape index (κ1) is 50.8. The summed E-state index contributed by atoms with van der Waals surface area (Å²) in [6.45, 7) is 18.4. The molecule has 0 aromatic carbocycles. The van der Waals surface area contributed by atoms with E-state index in [0.717, 1.165) is 13.8 Å². The third-order valence-corrected chi connectivity index (χ3v) is 8.75. The SMILES string of the molecule is CC(=O)OC[C@H]1O[C@@](COC(=O)C(C)C)(O[C@@H]2O[C@H](COC(C)=O)[C@@H](OC(=O)C(C)C)[C@H](OC(=O)C(C)C)[C@H]2OC(=O)C(C)C)[C@@H](OC(=O)C(C)C)[C@@H]1OC(=O)C(C)C. The number of rotatable bonds is 19. The van der Waals surface area contributed by atoms with Crippen LogP contribution in [0.15, 0.2) is 0 Å². The Balaban J connectivity index is 3.04. The summed E-state index contributed by atoms with van der Waals surface area (Å²) in [5.41, 5.74) is 0. The minimum absolute atomic E-state index is 0.599. The quantitative estimate of drug-likeness (QED) is 0.134. The van der Waals surface area contributed by atoms with Gasteiger partial charge in [-0.15, -0.1) is 0 Å². The standard InChI is InChI=1S/C40H62O19/c1-18(2)33(43)51-17-40(32(57-38(48)23(11)12)29(54-35(45)20(5)6)27(58-40)16-50-25(14)42)59-39-31(56-37(47)22(9)10)30(55-36(46)21(7)8)28(53-34(44)19(3)4)26(52-39)15-49-24(13)41/h18-23,26-32,39H,15-17H2,1-14H3/t26-,27-,28-,29-,30+,31-,32+,39+,40+/m1/s1. The summed E-state index contributed by atoms with van der Waals surface area (Å²) >= 11 is 0. The van der Waals surface area contributed by atoms with Gasteiger partial charge in [-0.3, -0.25) is 38.4 Å². The smallest absolute Gasteiger partial charge is 0.308 e. The Bertz CT molecular complexity index is 1500. The van der Waals surface area contributed by atoms with Gasteiger partial charge in [0.05, 0.1) is 35.5 Å². The lowest BCUT2D eigenvalue weighted by molar-refractivity contribution is -0.385. The van der Waals surface area contributed by atoms with Crippen LogP contribution in [-0.2, 0) is 90.5 Å². The molecule has 2 saturated heterocycles. The highest BCUT2D eigenvalue weighted by Gasteiger charge is 2.65. The van der Waals surface area contributed by atoms with Crippen LogP contribution in [0.1, 0.15) is 96.9 Å². The second kappa shape index (κ2) is 22.3. The molecule has 0 saturated carbocycles. The molecule has 0 radical (unpaired) electrons. The van der Waals surface area contributed by atoms with Gasteiger partial charge in [-0.2, -0.15) is 0 Å². The van der Waals surface area contributed by atoms with E-state index in [2.05, 4.69) is 0 Å². The van der Waals surface area contributed by atoms with Crippen molar-refractivity contribution in [2.24, 2.45) is 35.5 Å². The van der Waals surface area contributed by atoms with Crippen LogP contribution >= 0.6 is 0 Å². The number of hydrogen-bond acceptors (Lipinski definition) is 19. The Kier molecular flexibility index (Phi) is 19.2. The van der Waals surface area contributed by atoms with E-state index in [1.165, 1.54) is 83.1 Å². The number of carbonyl (C=O) groups excluding carboxylic acids is 8. The minimum Gasteiger partial charge on any atom is -0.463 e. The first-order valence-corrected chi connectivity index (χ1v) is 19.8. The molecule has 0 aromatic rings. The highest BCUT2D eigenvalue weighted by Crippen LogP contribution is 2.42. The molecule has 2 aliphatic rings. The van der Waals surface area contributed by atoms with Crippen molar-refractivity contribution in [2.45, 2.75) is 152 Å². The minimum atomic E-state index is -2.55. The molecule has 59 heavy (non-hydrogen) atoms. The molecule has 19 heteroatoms.